The van der Waals surface area contributed by atoms with Gasteiger partial charge in [0, 0.05) is 44.8 Å². The normalized spacial score (nSPS) is 13.9. The van der Waals surface area contributed by atoms with Crippen molar-refractivity contribution in [3.8, 4) is 23.0 Å². The zero-order valence-corrected chi connectivity index (χ0v) is 21.8. The first-order valence-corrected chi connectivity index (χ1v) is 13.1. The van der Waals surface area contributed by atoms with E-state index in [0.717, 1.165) is 53.8 Å². The molecule has 5 rings (SSSR count). The molecule has 1 saturated heterocycles. The Morgan fingerprint density at radius 1 is 0.946 bits per heavy atom. The molecule has 4 aromatic rings. The van der Waals surface area contributed by atoms with Gasteiger partial charge in [0.15, 0.2) is 16.6 Å². The summed E-state index contributed by atoms with van der Waals surface area (Å²) in [6, 6.07) is 20.7. The monoisotopic (exact) mass is 518 g/mol. The Labute approximate surface area is 220 Å². The molecule has 1 aliphatic heterocycles. The number of amides is 1. The number of hydrogen-bond donors (Lipinski definition) is 1. The number of fused-ring (bicyclic) bond motifs is 1. The molecule has 3 aromatic carbocycles. The fourth-order valence-corrected chi connectivity index (χ4v) is 5.37. The SMILES string of the molecule is COc1ccc2sc(N3CCN(CCNC(=O)c4cccc(Oc5ccccc5)c4)CC3)nc2c1OC. The Bertz CT molecular complexity index is 1350. The topological polar surface area (TPSA) is 76.2 Å². The third kappa shape index (κ3) is 5.79. The molecule has 192 valence electrons. The summed E-state index contributed by atoms with van der Waals surface area (Å²) in [6.45, 7) is 4.96. The second-order valence-corrected chi connectivity index (χ2v) is 9.68. The number of para-hydroxylation sites is 1. The molecule has 0 unspecified atom stereocenters. The number of nitrogens with zero attached hydrogens (tertiary/aromatic N) is 3. The quantitative estimate of drug-likeness (QED) is 0.345. The van der Waals surface area contributed by atoms with Crippen molar-refractivity contribution in [3.05, 3.63) is 72.3 Å². The van der Waals surface area contributed by atoms with Crippen molar-refractivity contribution in [2.45, 2.75) is 0 Å². The van der Waals surface area contributed by atoms with E-state index in [1.807, 2.05) is 54.6 Å². The van der Waals surface area contributed by atoms with Gasteiger partial charge in [-0.3, -0.25) is 9.69 Å². The highest BCUT2D eigenvalue weighted by atomic mass is 32.1. The molecule has 0 bridgehead atoms. The van der Waals surface area contributed by atoms with Gasteiger partial charge in [0.25, 0.3) is 5.91 Å². The average Bonchev–Trinajstić information content (AvgIpc) is 3.38. The minimum atomic E-state index is -0.101. The number of piperazine rings is 1. The number of ether oxygens (including phenoxy) is 3. The summed E-state index contributed by atoms with van der Waals surface area (Å²) in [7, 11) is 3.28. The zero-order chi connectivity index (χ0) is 25.6. The van der Waals surface area contributed by atoms with E-state index in [2.05, 4.69) is 15.1 Å². The fraction of sp³-hybridized carbons (Fsp3) is 0.286. The van der Waals surface area contributed by atoms with Crippen LogP contribution in [0.15, 0.2) is 66.7 Å². The highest BCUT2D eigenvalue weighted by Gasteiger charge is 2.22. The molecule has 0 saturated carbocycles. The Morgan fingerprint density at radius 3 is 2.49 bits per heavy atom. The van der Waals surface area contributed by atoms with Gasteiger partial charge < -0.3 is 24.4 Å². The van der Waals surface area contributed by atoms with Gasteiger partial charge >= 0.3 is 0 Å². The van der Waals surface area contributed by atoms with E-state index < -0.39 is 0 Å². The number of anilines is 1. The van der Waals surface area contributed by atoms with Crippen LogP contribution in [0.4, 0.5) is 5.13 Å². The Kier molecular flexibility index (Phi) is 7.72. The van der Waals surface area contributed by atoms with E-state index in [9.17, 15) is 4.79 Å². The zero-order valence-electron chi connectivity index (χ0n) is 21.0. The number of benzene rings is 3. The highest BCUT2D eigenvalue weighted by molar-refractivity contribution is 7.22. The smallest absolute Gasteiger partial charge is 0.251 e. The van der Waals surface area contributed by atoms with Crippen LogP contribution in [0.5, 0.6) is 23.0 Å². The van der Waals surface area contributed by atoms with Gasteiger partial charge in [-0.1, -0.05) is 35.6 Å². The summed E-state index contributed by atoms with van der Waals surface area (Å²) in [6.07, 6.45) is 0. The van der Waals surface area contributed by atoms with E-state index >= 15 is 0 Å². The Morgan fingerprint density at radius 2 is 1.73 bits per heavy atom. The van der Waals surface area contributed by atoms with Crippen LogP contribution in [0.3, 0.4) is 0 Å². The van der Waals surface area contributed by atoms with Crippen molar-refractivity contribution in [2.75, 3.05) is 58.4 Å². The third-order valence-electron chi connectivity index (χ3n) is 6.32. The number of aromatic nitrogens is 1. The van der Waals surface area contributed by atoms with E-state index in [4.69, 9.17) is 19.2 Å². The molecule has 0 spiro atoms. The van der Waals surface area contributed by atoms with E-state index in [1.165, 1.54) is 0 Å². The highest BCUT2D eigenvalue weighted by Crippen LogP contribution is 2.40. The summed E-state index contributed by atoms with van der Waals surface area (Å²) >= 11 is 1.67. The third-order valence-corrected chi connectivity index (χ3v) is 7.40. The number of hydrogen-bond acceptors (Lipinski definition) is 8. The standard InChI is InChI=1S/C28H30N4O4S/c1-34-23-11-12-24-25(26(23)35-2)30-28(37-24)32-17-15-31(16-18-32)14-13-29-27(33)20-7-6-10-22(19-20)36-21-8-4-3-5-9-21/h3-12,19H,13-18H2,1-2H3,(H,29,33). The lowest BCUT2D eigenvalue weighted by Gasteiger charge is -2.34. The van der Waals surface area contributed by atoms with Crippen LogP contribution in [0.2, 0.25) is 0 Å². The van der Waals surface area contributed by atoms with Gasteiger partial charge in [-0.25, -0.2) is 4.98 Å². The largest absolute Gasteiger partial charge is 0.493 e. The van der Waals surface area contributed by atoms with Gasteiger partial charge in [-0.05, 0) is 42.5 Å². The van der Waals surface area contributed by atoms with Crippen LogP contribution >= 0.6 is 11.3 Å². The first kappa shape index (κ1) is 24.9. The lowest BCUT2D eigenvalue weighted by Crippen LogP contribution is -2.48. The van der Waals surface area contributed by atoms with Crippen molar-refractivity contribution in [1.82, 2.24) is 15.2 Å². The van der Waals surface area contributed by atoms with Crippen molar-refractivity contribution in [3.63, 3.8) is 0 Å². The lowest BCUT2D eigenvalue weighted by molar-refractivity contribution is 0.0947. The van der Waals surface area contributed by atoms with Crippen LogP contribution < -0.4 is 24.4 Å². The van der Waals surface area contributed by atoms with Gasteiger partial charge in [0.05, 0.1) is 18.9 Å². The van der Waals surface area contributed by atoms with Crippen molar-refractivity contribution < 1.29 is 19.0 Å². The van der Waals surface area contributed by atoms with Crippen LogP contribution in [0, 0.1) is 0 Å². The minimum Gasteiger partial charge on any atom is -0.493 e. The minimum absolute atomic E-state index is 0.101. The summed E-state index contributed by atoms with van der Waals surface area (Å²) in [5, 5.41) is 4.03. The molecule has 0 atom stereocenters. The second kappa shape index (κ2) is 11.5. The summed E-state index contributed by atoms with van der Waals surface area (Å²) in [4.78, 5) is 22.2. The molecule has 1 aromatic heterocycles. The number of nitrogens with one attached hydrogen (secondary N) is 1. The first-order valence-electron chi connectivity index (χ1n) is 12.2. The average molecular weight is 519 g/mol. The number of carbonyl (C=O) groups is 1. The van der Waals surface area contributed by atoms with E-state index in [-0.39, 0.29) is 5.91 Å². The summed E-state index contributed by atoms with van der Waals surface area (Å²) in [5.41, 5.74) is 1.42. The second-order valence-electron chi connectivity index (χ2n) is 8.67. The number of rotatable bonds is 9. The maximum atomic E-state index is 12.7. The molecule has 1 fully saturated rings. The molecule has 0 radical (unpaired) electrons. The Balaban J connectivity index is 1.11. The maximum Gasteiger partial charge on any atom is 0.251 e. The number of carbonyl (C=O) groups excluding carboxylic acids is 1. The van der Waals surface area contributed by atoms with E-state index in [0.29, 0.717) is 29.4 Å². The molecular formula is C28H30N4O4S. The van der Waals surface area contributed by atoms with Gasteiger partial charge in [-0.2, -0.15) is 0 Å². The van der Waals surface area contributed by atoms with Crippen LogP contribution in [0.25, 0.3) is 10.2 Å². The molecule has 1 amide bonds. The van der Waals surface area contributed by atoms with Crippen molar-refractivity contribution in [1.29, 1.82) is 0 Å². The fourth-order valence-electron chi connectivity index (χ4n) is 4.35. The predicted octanol–water partition coefficient (Wildman–Crippen LogP) is 4.66. The lowest BCUT2D eigenvalue weighted by atomic mass is 10.2. The molecule has 8 nitrogen and oxygen atoms in total. The number of methoxy groups -OCH3 is 2. The van der Waals surface area contributed by atoms with Crippen molar-refractivity contribution >= 4 is 32.6 Å². The molecule has 9 heteroatoms. The molecular weight excluding hydrogens is 488 g/mol. The van der Waals surface area contributed by atoms with Crippen LogP contribution in [-0.4, -0.2) is 69.3 Å². The van der Waals surface area contributed by atoms with Crippen LogP contribution in [-0.2, 0) is 0 Å². The number of thiazole rings is 1. The van der Waals surface area contributed by atoms with Gasteiger partial charge in [0.1, 0.15) is 17.0 Å². The van der Waals surface area contributed by atoms with Crippen LogP contribution in [0.1, 0.15) is 10.4 Å². The molecule has 1 N–H and O–H groups in total. The maximum absolute atomic E-state index is 12.7. The Hall–Kier alpha value is -3.82. The van der Waals surface area contributed by atoms with Gasteiger partial charge in [0.2, 0.25) is 0 Å². The first-order chi connectivity index (χ1) is 18.1. The summed E-state index contributed by atoms with van der Waals surface area (Å²) in [5.74, 6) is 2.64. The van der Waals surface area contributed by atoms with Crippen molar-refractivity contribution in [2.24, 2.45) is 0 Å². The van der Waals surface area contributed by atoms with E-state index in [1.54, 1.807) is 37.7 Å². The molecule has 37 heavy (non-hydrogen) atoms. The summed E-state index contributed by atoms with van der Waals surface area (Å²) < 4.78 is 17.9. The molecule has 2 heterocycles. The molecule has 0 aliphatic carbocycles. The van der Waals surface area contributed by atoms with Gasteiger partial charge in [-0.15, -0.1) is 0 Å². The molecule has 1 aliphatic rings. The predicted molar refractivity (Wildman–Crippen MR) is 147 cm³/mol.